The number of carbonyl (C=O) groups excluding carboxylic acids is 1. The number of ether oxygens (including phenoxy) is 1. The number of aromatic nitrogens is 1. The van der Waals surface area contributed by atoms with Gasteiger partial charge in [-0.1, -0.05) is 30.3 Å². The number of esters is 1. The van der Waals surface area contributed by atoms with Crippen molar-refractivity contribution in [1.29, 1.82) is 0 Å². The van der Waals surface area contributed by atoms with Crippen molar-refractivity contribution < 1.29 is 9.53 Å². The lowest BCUT2D eigenvalue weighted by Gasteiger charge is -1.98. The number of nitrogens with zero attached hydrogens (tertiary/aromatic N) is 2. The van der Waals surface area contributed by atoms with E-state index in [1.165, 1.54) is 13.3 Å². The molecule has 0 aliphatic heterocycles. The van der Waals surface area contributed by atoms with Crippen molar-refractivity contribution in [1.82, 2.24) is 4.98 Å². The molecule has 4 heteroatoms. The molecule has 1 heterocycles. The lowest BCUT2D eigenvalue weighted by Crippen LogP contribution is -2.02. The molecule has 2 rings (SSSR count). The van der Waals surface area contributed by atoms with Crippen molar-refractivity contribution in [2.24, 2.45) is 4.99 Å². The lowest BCUT2D eigenvalue weighted by molar-refractivity contribution is 0.0594. The molecule has 0 unspecified atom stereocenters. The van der Waals surface area contributed by atoms with Gasteiger partial charge in [0.2, 0.25) is 0 Å². The van der Waals surface area contributed by atoms with Gasteiger partial charge in [0.05, 0.1) is 19.0 Å². The first-order chi connectivity index (χ1) is 8.79. The number of benzene rings is 1. The van der Waals surface area contributed by atoms with Crippen molar-refractivity contribution in [3.63, 3.8) is 0 Å². The van der Waals surface area contributed by atoms with Gasteiger partial charge in [-0.3, -0.25) is 4.99 Å². The van der Waals surface area contributed by atoms with Crippen molar-refractivity contribution in [3.8, 4) is 0 Å². The number of methoxy groups -OCH3 is 1. The summed E-state index contributed by atoms with van der Waals surface area (Å²) in [6.07, 6.45) is 3.28. The Labute approximate surface area is 105 Å². The van der Waals surface area contributed by atoms with Crippen molar-refractivity contribution in [3.05, 3.63) is 59.9 Å². The normalized spacial score (nSPS) is 10.5. The molecule has 18 heavy (non-hydrogen) atoms. The van der Waals surface area contributed by atoms with E-state index in [1.54, 1.807) is 18.3 Å². The molecular weight excluding hydrogens is 228 g/mol. The van der Waals surface area contributed by atoms with E-state index < -0.39 is 5.97 Å². The van der Waals surface area contributed by atoms with Gasteiger partial charge in [0.1, 0.15) is 5.69 Å². The maximum Gasteiger partial charge on any atom is 0.356 e. The number of carbonyl (C=O) groups is 1. The Morgan fingerprint density at radius 1 is 1.22 bits per heavy atom. The standard InChI is InChI=1S/C14H12N2O2/c1-18-14(17)13-8-7-12(10-16-13)15-9-11-5-3-2-4-6-11/h2-10H,1H3/b15-9+. The van der Waals surface area contributed by atoms with Gasteiger partial charge < -0.3 is 4.74 Å². The molecule has 0 N–H and O–H groups in total. The summed E-state index contributed by atoms with van der Waals surface area (Å²) >= 11 is 0. The molecule has 0 radical (unpaired) electrons. The van der Waals surface area contributed by atoms with Gasteiger partial charge in [0, 0.05) is 6.21 Å². The first-order valence-electron chi connectivity index (χ1n) is 5.43. The van der Waals surface area contributed by atoms with E-state index in [2.05, 4.69) is 14.7 Å². The zero-order valence-electron chi connectivity index (χ0n) is 9.91. The second-order valence-electron chi connectivity index (χ2n) is 3.56. The summed E-state index contributed by atoms with van der Waals surface area (Å²) < 4.78 is 4.57. The third kappa shape index (κ3) is 3.01. The Kier molecular flexibility index (Phi) is 3.81. The molecule has 0 aliphatic carbocycles. The van der Waals surface area contributed by atoms with Crippen LogP contribution in [0.15, 0.2) is 53.7 Å². The topological polar surface area (TPSA) is 51.5 Å². The van der Waals surface area contributed by atoms with Crippen LogP contribution in [-0.4, -0.2) is 24.3 Å². The van der Waals surface area contributed by atoms with E-state index in [0.29, 0.717) is 5.69 Å². The molecule has 90 valence electrons. The summed E-state index contributed by atoms with van der Waals surface area (Å²) in [5.74, 6) is -0.450. The minimum Gasteiger partial charge on any atom is -0.464 e. The van der Waals surface area contributed by atoms with Gasteiger partial charge in [0.25, 0.3) is 0 Å². The van der Waals surface area contributed by atoms with Crippen LogP contribution in [0.1, 0.15) is 16.1 Å². The second-order valence-corrected chi connectivity index (χ2v) is 3.56. The number of aliphatic imine (C=N–C) groups is 1. The number of hydrogen-bond donors (Lipinski definition) is 0. The van der Waals surface area contributed by atoms with Crippen molar-refractivity contribution in [2.75, 3.05) is 7.11 Å². The molecule has 0 spiro atoms. The fourth-order valence-corrected chi connectivity index (χ4v) is 1.38. The van der Waals surface area contributed by atoms with E-state index in [9.17, 15) is 4.79 Å². The van der Waals surface area contributed by atoms with Crippen LogP contribution in [0.5, 0.6) is 0 Å². The predicted molar refractivity (Wildman–Crippen MR) is 69.3 cm³/mol. The maximum atomic E-state index is 11.2. The monoisotopic (exact) mass is 240 g/mol. The van der Waals surface area contributed by atoms with Crippen LogP contribution in [0.4, 0.5) is 5.69 Å². The molecule has 0 atom stereocenters. The molecule has 0 saturated heterocycles. The summed E-state index contributed by atoms with van der Waals surface area (Å²) in [6, 6.07) is 13.1. The minimum atomic E-state index is -0.450. The van der Waals surface area contributed by atoms with Crippen molar-refractivity contribution >= 4 is 17.9 Å². The smallest absolute Gasteiger partial charge is 0.356 e. The van der Waals surface area contributed by atoms with Gasteiger partial charge in [0.15, 0.2) is 0 Å². The third-order valence-electron chi connectivity index (χ3n) is 2.30. The highest BCUT2D eigenvalue weighted by Gasteiger charge is 2.05. The SMILES string of the molecule is COC(=O)c1ccc(/N=C/c2ccccc2)cn1. The Hall–Kier alpha value is -2.49. The number of hydrogen-bond acceptors (Lipinski definition) is 4. The second kappa shape index (κ2) is 5.72. The fraction of sp³-hybridized carbons (Fsp3) is 0.0714. The average Bonchev–Trinajstić information content (AvgIpc) is 2.46. The number of pyridine rings is 1. The van der Waals surface area contributed by atoms with E-state index in [-0.39, 0.29) is 5.69 Å². The maximum absolute atomic E-state index is 11.2. The highest BCUT2D eigenvalue weighted by Crippen LogP contribution is 2.11. The van der Waals surface area contributed by atoms with E-state index in [0.717, 1.165) is 5.56 Å². The van der Waals surface area contributed by atoms with Crippen LogP contribution in [0.25, 0.3) is 0 Å². The van der Waals surface area contributed by atoms with Gasteiger partial charge >= 0.3 is 5.97 Å². The molecule has 0 amide bonds. The Morgan fingerprint density at radius 3 is 2.61 bits per heavy atom. The van der Waals surface area contributed by atoms with Crippen LogP contribution in [0.2, 0.25) is 0 Å². The molecular formula is C14H12N2O2. The van der Waals surface area contributed by atoms with Gasteiger partial charge in [-0.2, -0.15) is 0 Å². The van der Waals surface area contributed by atoms with Crippen LogP contribution in [0, 0.1) is 0 Å². The molecule has 1 aromatic heterocycles. The third-order valence-corrected chi connectivity index (χ3v) is 2.30. The summed E-state index contributed by atoms with van der Waals surface area (Å²) in [5, 5.41) is 0. The van der Waals surface area contributed by atoms with Crippen LogP contribution >= 0.6 is 0 Å². The van der Waals surface area contributed by atoms with Gasteiger partial charge in [-0.25, -0.2) is 9.78 Å². The first-order valence-corrected chi connectivity index (χ1v) is 5.43. The van der Waals surface area contributed by atoms with Crippen LogP contribution < -0.4 is 0 Å². The molecule has 0 saturated carbocycles. The van der Waals surface area contributed by atoms with Gasteiger partial charge in [-0.15, -0.1) is 0 Å². The molecule has 0 bridgehead atoms. The summed E-state index contributed by atoms with van der Waals surface area (Å²) in [7, 11) is 1.32. The number of rotatable bonds is 3. The fourth-order valence-electron chi connectivity index (χ4n) is 1.38. The van der Waals surface area contributed by atoms with E-state index >= 15 is 0 Å². The van der Waals surface area contributed by atoms with Crippen molar-refractivity contribution in [2.45, 2.75) is 0 Å². The summed E-state index contributed by atoms with van der Waals surface area (Å²) in [4.78, 5) is 19.4. The molecule has 2 aromatic rings. The Morgan fingerprint density at radius 2 is 2.00 bits per heavy atom. The molecule has 0 fully saturated rings. The minimum absolute atomic E-state index is 0.274. The van der Waals surface area contributed by atoms with E-state index in [1.807, 2.05) is 30.3 Å². The highest BCUT2D eigenvalue weighted by atomic mass is 16.5. The average molecular weight is 240 g/mol. The largest absolute Gasteiger partial charge is 0.464 e. The molecule has 0 aliphatic rings. The predicted octanol–water partition coefficient (Wildman–Crippen LogP) is 2.62. The van der Waals surface area contributed by atoms with Crippen LogP contribution in [0.3, 0.4) is 0 Å². The first kappa shape index (κ1) is 12.0. The molecule has 4 nitrogen and oxygen atoms in total. The van der Waals surface area contributed by atoms with Crippen LogP contribution in [-0.2, 0) is 4.74 Å². The lowest BCUT2D eigenvalue weighted by atomic mass is 10.2. The zero-order chi connectivity index (χ0) is 12.8. The van der Waals surface area contributed by atoms with E-state index in [4.69, 9.17) is 0 Å². The summed E-state index contributed by atoms with van der Waals surface area (Å²) in [5.41, 5.74) is 1.97. The molecule has 1 aromatic carbocycles. The Bertz CT molecular complexity index is 548. The highest BCUT2D eigenvalue weighted by molar-refractivity contribution is 5.87. The zero-order valence-corrected chi connectivity index (χ0v) is 9.91. The quantitative estimate of drug-likeness (QED) is 0.612. The summed E-state index contributed by atoms with van der Waals surface area (Å²) in [6.45, 7) is 0. The Balaban J connectivity index is 2.11. The van der Waals surface area contributed by atoms with Gasteiger partial charge in [-0.05, 0) is 17.7 Å².